The Morgan fingerprint density at radius 3 is 2.39 bits per heavy atom. The molecule has 0 spiro atoms. The van der Waals surface area contributed by atoms with Crippen LogP contribution < -0.4 is 26.0 Å². The van der Waals surface area contributed by atoms with Crippen LogP contribution in [0.5, 0.6) is 5.75 Å². The summed E-state index contributed by atoms with van der Waals surface area (Å²) in [6.45, 7) is 10.2. The molecule has 3 aliphatic heterocycles. The lowest BCUT2D eigenvalue weighted by atomic mass is 9.39. The fourth-order valence-electron chi connectivity index (χ4n) is 16.9. The highest BCUT2D eigenvalue weighted by molar-refractivity contribution is 7.51. The molecule has 6 aromatic rings. The number of nitrogens with two attached hydrogens (primary N) is 1. The molecule has 524 valence electrons. The Bertz CT molecular complexity index is 4030. The van der Waals surface area contributed by atoms with Crippen molar-refractivity contribution in [3.63, 3.8) is 0 Å². The number of amides is 3. The van der Waals surface area contributed by atoms with Gasteiger partial charge in [0.15, 0.2) is 22.6 Å². The Balaban J connectivity index is 0.669. The highest BCUT2D eigenvalue weighted by Gasteiger charge is 2.66. The topological polar surface area (TPSA) is 397 Å². The van der Waals surface area contributed by atoms with E-state index in [1.54, 1.807) is 41.6 Å². The van der Waals surface area contributed by atoms with Crippen LogP contribution in [-0.2, 0) is 47.9 Å². The van der Waals surface area contributed by atoms with Crippen LogP contribution in [0.2, 0.25) is 0 Å². The van der Waals surface area contributed by atoms with Crippen molar-refractivity contribution in [3.8, 4) is 16.9 Å². The molecule has 98 heavy (non-hydrogen) atoms. The largest absolute Gasteiger partial charge is 0.479 e. The molecule has 11 N–H and O–H groups in total. The fourth-order valence-corrected chi connectivity index (χ4v) is 18.3. The van der Waals surface area contributed by atoms with Crippen LogP contribution in [-0.4, -0.2) is 201 Å². The molecular weight excluding hydrogens is 1310 g/mol. The molecule has 0 radical (unpaired) electrons. The van der Waals surface area contributed by atoms with Crippen molar-refractivity contribution < 1.29 is 82.8 Å². The average Bonchev–Trinajstić information content (AvgIpc) is 0.751. The molecule has 7 atom stereocenters. The number of piperidine rings is 1. The van der Waals surface area contributed by atoms with E-state index in [-0.39, 0.29) is 77.5 Å². The number of carbonyl (C=O) groups excluding carboxylic acids is 3. The van der Waals surface area contributed by atoms with Gasteiger partial charge in [0.25, 0.3) is 5.91 Å². The van der Waals surface area contributed by atoms with Gasteiger partial charge in [-0.2, -0.15) is 10.1 Å². The Labute approximate surface area is 569 Å². The number of hydrogen-bond donors (Lipinski definition) is 10. The molecule has 2 unspecified atom stereocenters. The molecule has 28 nitrogen and oxygen atoms in total. The van der Waals surface area contributed by atoms with Gasteiger partial charge in [-0.1, -0.05) is 49.5 Å². The summed E-state index contributed by atoms with van der Waals surface area (Å²) in [6, 6.07) is 17.5. The van der Waals surface area contributed by atoms with Crippen molar-refractivity contribution in [2.75, 3.05) is 74.2 Å². The fraction of sp³-hybridized carbons (Fsp3) is 0.515. The standard InChI is InChI=1S/C68H84N11O17PS/c1-40-46(44-13-15-51(73-53(44)60(85)86)78-23-17-42-9-4-10-45(47(42)32-78)59(84)75-63-74-58-50(98-63)11-5-21-70-58)31-71-79(40)39-67-34-65(2)33-66(3,35-67)37-68(36-65,38-67)94-28-26-76(22-7-29-97(90,91)92)43-18-24-77(25-19-43)64(89)93-27-6-8-41-12-14-49(48(30-41)72-52(80)16-20-69)95-62-56(83)54(81)55(82)57(96-62)61(87)88/h4-6,8-15,21,30-31,43,54-57,62,81-83H,7,16-20,22-29,32-39,69H2,1-3H3,(H,72,80)(H,85,86)(H,87,88)(H2,90,91,92)(H,70,74,75,84)/b8-6+/t54-,55-,56+,57-,62+,65?,66?,67?,68?/m0/s1. The third kappa shape index (κ3) is 15.5. The van der Waals surface area contributed by atoms with Crippen molar-refractivity contribution in [3.05, 3.63) is 113 Å². The number of aliphatic hydroxyl groups is 3. The zero-order valence-corrected chi connectivity index (χ0v) is 56.5. The molecule has 2 saturated heterocycles. The number of benzene rings is 2. The first-order chi connectivity index (χ1) is 46.7. The summed E-state index contributed by atoms with van der Waals surface area (Å²) < 4.78 is 38.9. The number of hydrogen-bond acceptors (Lipinski definition) is 21. The smallest absolute Gasteiger partial charge is 0.410 e. The number of fused-ring (bicyclic) bond motifs is 2. The number of likely N-dealkylation sites (tertiary alicyclic amines) is 1. The van der Waals surface area contributed by atoms with Crippen LogP contribution in [0.1, 0.15) is 121 Å². The van der Waals surface area contributed by atoms with Crippen LogP contribution in [0.15, 0.2) is 79.1 Å². The van der Waals surface area contributed by atoms with E-state index in [4.69, 9.17) is 34.8 Å². The van der Waals surface area contributed by atoms with Crippen molar-refractivity contribution >= 4 is 81.8 Å². The number of aliphatic hydroxyl groups excluding tert-OH is 3. The van der Waals surface area contributed by atoms with Gasteiger partial charge in [-0.15, -0.1) is 0 Å². The van der Waals surface area contributed by atoms with Gasteiger partial charge in [-0.25, -0.2) is 24.4 Å². The van der Waals surface area contributed by atoms with E-state index < -0.39 is 67.8 Å². The second kappa shape index (κ2) is 28.4. The second-order valence-electron chi connectivity index (χ2n) is 28.0. The maximum absolute atomic E-state index is 13.8. The Morgan fingerprint density at radius 1 is 0.888 bits per heavy atom. The van der Waals surface area contributed by atoms with Gasteiger partial charge < -0.3 is 75.1 Å². The second-order valence-corrected chi connectivity index (χ2v) is 30.8. The quantitative estimate of drug-likeness (QED) is 0.0268. The number of carboxylic acid groups (broad SMARTS) is 2. The monoisotopic (exact) mass is 1390 g/mol. The highest BCUT2D eigenvalue weighted by Crippen LogP contribution is 2.72. The van der Waals surface area contributed by atoms with Crippen molar-refractivity contribution in [1.29, 1.82) is 0 Å². The number of ether oxygens (including phenoxy) is 4. The van der Waals surface area contributed by atoms with E-state index >= 15 is 0 Å². The molecule has 4 aromatic heterocycles. The number of rotatable bonds is 25. The van der Waals surface area contributed by atoms with Crippen LogP contribution in [0.4, 0.5) is 21.4 Å². The zero-order chi connectivity index (χ0) is 69.5. The van der Waals surface area contributed by atoms with Gasteiger partial charge in [0, 0.05) is 86.9 Å². The minimum Gasteiger partial charge on any atom is -0.479 e. The van der Waals surface area contributed by atoms with E-state index in [0.29, 0.717) is 111 Å². The van der Waals surface area contributed by atoms with Crippen molar-refractivity contribution in [2.24, 2.45) is 22.0 Å². The number of pyridine rings is 2. The van der Waals surface area contributed by atoms with Crippen molar-refractivity contribution in [1.82, 2.24) is 34.5 Å². The summed E-state index contributed by atoms with van der Waals surface area (Å²) in [7, 11) is -4.28. The first-order valence-corrected chi connectivity index (χ1v) is 35.7. The first kappa shape index (κ1) is 70.1. The first-order valence-electron chi connectivity index (χ1n) is 33.1. The number of carbonyl (C=O) groups is 5. The summed E-state index contributed by atoms with van der Waals surface area (Å²) in [5.74, 6) is -3.11. The zero-order valence-electron chi connectivity index (χ0n) is 54.8. The normalized spacial score (nSPS) is 26.2. The number of nitrogens with zero attached hydrogens (tertiary/aromatic N) is 8. The van der Waals surface area contributed by atoms with Crippen LogP contribution >= 0.6 is 18.9 Å². The molecule has 4 aliphatic carbocycles. The average molecular weight is 1390 g/mol. The van der Waals surface area contributed by atoms with Crippen LogP contribution in [0.3, 0.4) is 0 Å². The van der Waals surface area contributed by atoms with E-state index in [9.17, 15) is 63.9 Å². The van der Waals surface area contributed by atoms with Crippen LogP contribution in [0, 0.1) is 23.2 Å². The van der Waals surface area contributed by atoms with Crippen LogP contribution in [0.25, 0.3) is 27.6 Å². The predicted octanol–water partition coefficient (Wildman–Crippen LogP) is 6.65. The van der Waals surface area contributed by atoms with Gasteiger partial charge >= 0.3 is 25.6 Å². The molecule has 4 bridgehead atoms. The molecule has 6 fully saturated rings. The third-order valence-electron chi connectivity index (χ3n) is 20.1. The lowest BCUT2D eigenvalue weighted by Crippen LogP contribution is -2.64. The minimum atomic E-state index is -4.28. The summed E-state index contributed by atoms with van der Waals surface area (Å²) in [6.07, 6.45) is 4.10. The van der Waals surface area contributed by atoms with Crippen molar-refractivity contribution in [2.45, 2.75) is 147 Å². The molecule has 7 aliphatic rings. The Morgan fingerprint density at radius 2 is 1.66 bits per heavy atom. The number of aromatic carboxylic acids is 1. The Hall–Kier alpha value is -7.80. The maximum Gasteiger partial charge on any atom is 0.410 e. The van der Waals surface area contributed by atoms with Gasteiger partial charge in [0.2, 0.25) is 12.2 Å². The third-order valence-corrected chi connectivity index (χ3v) is 21.9. The van der Waals surface area contributed by atoms with E-state index in [2.05, 4.69) is 39.3 Å². The summed E-state index contributed by atoms with van der Waals surface area (Å²) in [4.78, 5) is 104. The van der Waals surface area contributed by atoms with Gasteiger partial charge in [0.05, 0.1) is 35.0 Å². The van der Waals surface area contributed by atoms with E-state index in [0.717, 1.165) is 60.0 Å². The lowest BCUT2D eigenvalue weighted by molar-refractivity contribution is -0.271. The van der Waals surface area contributed by atoms with Gasteiger partial charge in [-0.3, -0.25) is 29.1 Å². The number of aromatic nitrogens is 5. The van der Waals surface area contributed by atoms with E-state index in [1.165, 1.54) is 23.5 Å². The lowest BCUT2D eigenvalue weighted by Gasteiger charge is -2.69. The predicted molar refractivity (Wildman–Crippen MR) is 361 cm³/mol. The number of nitrogens with one attached hydrogen (secondary N) is 2. The number of thiazole rings is 1. The van der Waals surface area contributed by atoms with E-state index in [1.807, 2.05) is 52.9 Å². The van der Waals surface area contributed by atoms with Gasteiger partial charge in [-0.05, 0) is 159 Å². The molecule has 30 heteroatoms. The van der Waals surface area contributed by atoms with Gasteiger partial charge in [0.1, 0.15) is 36.5 Å². The molecule has 13 rings (SSSR count). The summed E-state index contributed by atoms with van der Waals surface area (Å²) in [5.41, 5.74) is 10.3. The number of anilines is 3. The number of carboxylic acids is 2. The molecule has 2 aromatic carbocycles. The molecule has 4 saturated carbocycles. The summed E-state index contributed by atoms with van der Waals surface area (Å²) in [5, 5.41) is 62.3. The maximum atomic E-state index is 13.8. The molecule has 7 heterocycles. The Kier molecular flexibility index (Phi) is 20.3. The highest BCUT2D eigenvalue weighted by atomic mass is 32.1. The molecule has 3 amide bonds. The minimum absolute atomic E-state index is 0.0118. The number of aliphatic carboxylic acids is 1. The molecular formula is C68H84N11O17PS. The summed E-state index contributed by atoms with van der Waals surface area (Å²) >= 11 is 1.35. The SMILES string of the molecule is Cc1c(-c2ccc(N3CCc4cccc(C(=O)Nc5nc6ncccc6s5)c4C3)nc2C(=O)O)cnn1CC12CC3(C)CC(C)(C1)CC(OCCN(CCCP(=O)(O)O)C1CCN(C(=O)OC/C=C/c4ccc(O[C@@H]5O[C@H](C(=O)O)[C@@H](O)[C@H](O)[C@H]5O)c(NC(=O)CCN)c4)CC1)(C3)C2.